The Balaban J connectivity index is 2.34. The van der Waals surface area contributed by atoms with Crippen LogP contribution < -0.4 is 0 Å². The molecule has 0 fully saturated rings. The molecule has 1 aromatic carbocycles. The molecule has 0 N–H and O–H groups in total. The van der Waals surface area contributed by atoms with Gasteiger partial charge in [0.2, 0.25) is 0 Å². The molecule has 0 saturated carbocycles. The Bertz CT molecular complexity index is 474. The predicted molar refractivity (Wildman–Crippen MR) is 97.7 cm³/mol. The fourth-order valence-electron chi connectivity index (χ4n) is 1.71. The Morgan fingerprint density at radius 3 is 1.96 bits per heavy atom. The highest BCUT2D eigenvalue weighted by atomic mass is 32.2. The van der Waals surface area contributed by atoms with Gasteiger partial charge in [-0.05, 0) is 48.6 Å². The van der Waals surface area contributed by atoms with Gasteiger partial charge in [0.05, 0.1) is 24.3 Å². The van der Waals surface area contributed by atoms with Crippen LogP contribution in [0.3, 0.4) is 0 Å². The summed E-state index contributed by atoms with van der Waals surface area (Å²) in [6.07, 6.45) is 2.65. The molecule has 0 heterocycles. The lowest BCUT2D eigenvalue weighted by atomic mass is 10.1. The number of esters is 2. The summed E-state index contributed by atoms with van der Waals surface area (Å²) in [6.45, 7) is 2.86. The van der Waals surface area contributed by atoms with E-state index >= 15 is 0 Å². The quantitative estimate of drug-likeness (QED) is 0.371. The lowest BCUT2D eigenvalue weighted by molar-refractivity contribution is 0.0488. The van der Waals surface area contributed by atoms with Crippen LogP contribution in [0.4, 0.5) is 0 Å². The zero-order valence-corrected chi connectivity index (χ0v) is 15.2. The molecule has 0 spiro atoms. The standard InChI is InChI=1S/C17H24O4S2/c1-2-3-9-20-16(18)14-5-7-15(8-6-14)17(19)21-10-4-12-23-13-11-22/h5-8,22H,2-4,9-13H2,1H3. The van der Waals surface area contributed by atoms with Crippen LogP contribution in [0.2, 0.25) is 0 Å². The second-order valence-corrected chi connectivity index (χ2v) is 6.56. The number of ether oxygens (including phenoxy) is 2. The maximum atomic E-state index is 11.9. The van der Waals surface area contributed by atoms with Crippen LogP contribution in [0.25, 0.3) is 0 Å². The second-order valence-electron chi connectivity index (χ2n) is 4.89. The summed E-state index contributed by atoms with van der Waals surface area (Å²) < 4.78 is 10.3. The van der Waals surface area contributed by atoms with Crippen LogP contribution in [0.15, 0.2) is 24.3 Å². The summed E-state index contributed by atoms with van der Waals surface area (Å²) >= 11 is 5.93. The monoisotopic (exact) mass is 356 g/mol. The minimum atomic E-state index is -0.366. The van der Waals surface area contributed by atoms with E-state index < -0.39 is 0 Å². The van der Waals surface area contributed by atoms with Crippen molar-refractivity contribution in [2.45, 2.75) is 26.2 Å². The molecule has 0 amide bonds. The van der Waals surface area contributed by atoms with Crippen molar-refractivity contribution in [3.05, 3.63) is 35.4 Å². The normalized spacial score (nSPS) is 10.3. The van der Waals surface area contributed by atoms with Crippen molar-refractivity contribution in [1.29, 1.82) is 0 Å². The summed E-state index contributed by atoms with van der Waals surface area (Å²) in [4.78, 5) is 23.6. The summed E-state index contributed by atoms with van der Waals surface area (Å²) in [5.74, 6) is 2.09. The van der Waals surface area contributed by atoms with E-state index in [-0.39, 0.29) is 11.9 Å². The maximum Gasteiger partial charge on any atom is 0.338 e. The first-order valence-corrected chi connectivity index (χ1v) is 9.60. The zero-order chi connectivity index (χ0) is 16.9. The van der Waals surface area contributed by atoms with E-state index in [1.54, 1.807) is 36.0 Å². The van der Waals surface area contributed by atoms with Gasteiger partial charge >= 0.3 is 11.9 Å². The van der Waals surface area contributed by atoms with E-state index in [1.807, 2.05) is 6.92 Å². The van der Waals surface area contributed by atoms with E-state index in [4.69, 9.17) is 9.47 Å². The molecule has 0 saturated heterocycles. The fourth-order valence-corrected chi connectivity index (χ4v) is 2.75. The van der Waals surface area contributed by atoms with Crippen molar-refractivity contribution >= 4 is 36.3 Å². The molecular formula is C17H24O4S2. The van der Waals surface area contributed by atoms with E-state index in [1.165, 1.54) is 0 Å². The molecule has 0 aliphatic heterocycles. The van der Waals surface area contributed by atoms with Crippen molar-refractivity contribution < 1.29 is 19.1 Å². The van der Waals surface area contributed by atoms with Gasteiger partial charge in [-0.15, -0.1) is 0 Å². The lowest BCUT2D eigenvalue weighted by Gasteiger charge is -2.06. The van der Waals surface area contributed by atoms with Gasteiger partial charge in [-0.2, -0.15) is 24.4 Å². The highest BCUT2D eigenvalue weighted by Crippen LogP contribution is 2.09. The average Bonchev–Trinajstić information content (AvgIpc) is 2.58. The van der Waals surface area contributed by atoms with Gasteiger partial charge in [0, 0.05) is 5.75 Å². The van der Waals surface area contributed by atoms with Gasteiger partial charge in [0.25, 0.3) is 0 Å². The third kappa shape index (κ3) is 8.32. The number of benzene rings is 1. The van der Waals surface area contributed by atoms with Crippen LogP contribution in [-0.2, 0) is 9.47 Å². The van der Waals surface area contributed by atoms with E-state index in [9.17, 15) is 9.59 Å². The van der Waals surface area contributed by atoms with Crippen LogP contribution in [0.5, 0.6) is 0 Å². The predicted octanol–water partition coefficient (Wildman–Crippen LogP) is 3.85. The second kappa shape index (κ2) is 12.3. The Morgan fingerprint density at radius 2 is 1.48 bits per heavy atom. The van der Waals surface area contributed by atoms with Crippen LogP contribution in [0.1, 0.15) is 46.9 Å². The average molecular weight is 357 g/mol. The molecule has 0 aliphatic carbocycles. The fraction of sp³-hybridized carbons (Fsp3) is 0.529. The van der Waals surface area contributed by atoms with Crippen molar-refractivity contribution in [2.75, 3.05) is 30.5 Å². The number of carbonyl (C=O) groups excluding carboxylic acids is 2. The smallest absolute Gasteiger partial charge is 0.338 e. The van der Waals surface area contributed by atoms with Crippen molar-refractivity contribution in [3.63, 3.8) is 0 Å². The van der Waals surface area contributed by atoms with Crippen LogP contribution in [0, 0.1) is 0 Å². The molecule has 0 atom stereocenters. The molecule has 23 heavy (non-hydrogen) atoms. The van der Waals surface area contributed by atoms with Crippen molar-refractivity contribution in [1.82, 2.24) is 0 Å². The molecule has 0 radical (unpaired) electrons. The minimum Gasteiger partial charge on any atom is -0.462 e. The number of carbonyl (C=O) groups is 2. The highest BCUT2D eigenvalue weighted by molar-refractivity contribution is 7.99. The molecule has 0 aromatic heterocycles. The molecule has 4 nitrogen and oxygen atoms in total. The number of unbranched alkanes of at least 4 members (excludes halogenated alkanes) is 1. The molecule has 128 valence electrons. The molecule has 0 bridgehead atoms. The summed E-state index contributed by atoms with van der Waals surface area (Å²) in [6, 6.07) is 6.36. The maximum absolute atomic E-state index is 11.9. The van der Waals surface area contributed by atoms with Crippen LogP contribution >= 0.6 is 24.4 Å². The summed E-state index contributed by atoms with van der Waals surface area (Å²) in [5.41, 5.74) is 0.888. The van der Waals surface area contributed by atoms with Gasteiger partial charge < -0.3 is 9.47 Å². The van der Waals surface area contributed by atoms with E-state index in [0.717, 1.165) is 36.5 Å². The highest BCUT2D eigenvalue weighted by Gasteiger charge is 2.10. The molecule has 6 heteroatoms. The number of hydrogen-bond acceptors (Lipinski definition) is 6. The zero-order valence-electron chi connectivity index (χ0n) is 13.5. The first-order valence-electron chi connectivity index (χ1n) is 7.82. The van der Waals surface area contributed by atoms with Crippen molar-refractivity contribution in [2.24, 2.45) is 0 Å². The minimum absolute atomic E-state index is 0.361. The Morgan fingerprint density at radius 1 is 0.957 bits per heavy atom. The number of hydrogen-bond donors (Lipinski definition) is 1. The van der Waals surface area contributed by atoms with Gasteiger partial charge in [0.1, 0.15) is 0 Å². The topological polar surface area (TPSA) is 52.6 Å². The SMILES string of the molecule is CCCCOC(=O)c1ccc(C(=O)OCCCSCCS)cc1. The van der Waals surface area contributed by atoms with E-state index in [2.05, 4.69) is 12.6 Å². The number of rotatable bonds is 11. The van der Waals surface area contributed by atoms with Crippen molar-refractivity contribution in [3.8, 4) is 0 Å². The molecule has 0 unspecified atom stereocenters. The summed E-state index contributed by atoms with van der Waals surface area (Å²) in [5, 5.41) is 0. The first-order chi connectivity index (χ1) is 11.2. The Hall–Kier alpha value is -1.14. The third-order valence-electron chi connectivity index (χ3n) is 2.99. The number of thioether (sulfide) groups is 1. The van der Waals surface area contributed by atoms with Gasteiger partial charge in [-0.25, -0.2) is 9.59 Å². The molecular weight excluding hydrogens is 332 g/mol. The summed E-state index contributed by atoms with van der Waals surface area (Å²) in [7, 11) is 0. The molecule has 1 aromatic rings. The van der Waals surface area contributed by atoms with Gasteiger partial charge in [-0.1, -0.05) is 13.3 Å². The largest absolute Gasteiger partial charge is 0.462 e. The van der Waals surface area contributed by atoms with E-state index in [0.29, 0.717) is 24.3 Å². The Labute approximate surface area is 147 Å². The molecule has 1 rings (SSSR count). The number of thiol groups is 1. The van der Waals surface area contributed by atoms with Crippen LogP contribution in [-0.4, -0.2) is 42.4 Å². The first kappa shape index (κ1) is 19.9. The lowest BCUT2D eigenvalue weighted by Crippen LogP contribution is -2.09. The van der Waals surface area contributed by atoms with Gasteiger partial charge in [-0.3, -0.25) is 0 Å². The third-order valence-corrected chi connectivity index (χ3v) is 4.59. The van der Waals surface area contributed by atoms with Gasteiger partial charge in [0.15, 0.2) is 0 Å². The Kier molecular flexibility index (Phi) is 10.6. The molecule has 0 aliphatic rings.